The lowest BCUT2D eigenvalue weighted by Crippen LogP contribution is -1.96. The van der Waals surface area contributed by atoms with Crippen molar-refractivity contribution in [2.75, 3.05) is 7.11 Å². The van der Waals surface area contributed by atoms with Gasteiger partial charge in [0.05, 0.1) is 18.3 Å². The average Bonchev–Trinajstić information content (AvgIpc) is 3.45. The van der Waals surface area contributed by atoms with Crippen LogP contribution in [0.4, 0.5) is 4.39 Å². The van der Waals surface area contributed by atoms with Gasteiger partial charge >= 0.3 is 0 Å². The highest BCUT2D eigenvalue weighted by molar-refractivity contribution is 5.81. The lowest BCUT2D eigenvalue weighted by molar-refractivity contribution is 0.414. The van der Waals surface area contributed by atoms with Crippen LogP contribution in [0.2, 0.25) is 0 Å². The Morgan fingerprint density at radius 1 is 0.935 bits per heavy atom. The summed E-state index contributed by atoms with van der Waals surface area (Å²) < 4.78 is 26.1. The van der Waals surface area contributed by atoms with Crippen molar-refractivity contribution in [2.45, 2.75) is 12.8 Å². The Morgan fingerprint density at radius 2 is 1.81 bits per heavy atom. The van der Waals surface area contributed by atoms with Gasteiger partial charge in [-0.1, -0.05) is 17.3 Å². The van der Waals surface area contributed by atoms with Gasteiger partial charge in [0.1, 0.15) is 17.1 Å². The number of nitrogens with zero attached hydrogens (tertiary/aromatic N) is 5. The first-order valence-electron chi connectivity index (χ1n) is 9.77. The van der Waals surface area contributed by atoms with E-state index >= 15 is 0 Å². The lowest BCUT2D eigenvalue weighted by Gasteiger charge is -2.04. The van der Waals surface area contributed by atoms with Crippen LogP contribution in [0.15, 0.2) is 71.1 Å². The fourth-order valence-electron chi connectivity index (χ4n) is 3.38. The van der Waals surface area contributed by atoms with E-state index in [0.717, 1.165) is 33.6 Å². The third-order valence-electron chi connectivity index (χ3n) is 4.99. The highest BCUT2D eigenvalue weighted by Gasteiger charge is 2.13. The number of rotatable bonds is 6. The fraction of sp³-hybridized carbons (Fsp3) is 0.130. The topological polar surface area (TPSA) is 78.9 Å². The molecule has 31 heavy (non-hydrogen) atoms. The molecule has 0 saturated heterocycles. The first-order chi connectivity index (χ1) is 15.2. The van der Waals surface area contributed by atoms with Crippen molar-refractivity contribution in [3.8, 4) is 22.9 Å². The van der Waals surface area contributed by atoms with Crippen molar-refractivity contribution in [3.05, 3.63) is 84.0 Å². The van der Waals surface area contributed by atoms with Gasteiger partial charge in [-0.15, -0.1) is 15.3 Å². The van der Waals surface area contributed by atoms with Crippen LogP contribution < -0.4 is 4.74 Å². The molecule has 5 rings (SSSR count). The fourth-order valence-corrected chi connectivity index (χ4v) is 3.38. The van der Waals surface area contributed by atoms with Gasteiger partial charge in [-0.2, -0.15) is 0 Å². The van der Waals surface area contributed by atoms with E-state index in [9.17, 15) is 4.39 Å². The molecule has 0 N–H and O–H groups in total. The van der Waals surface area contributed by atoms with Crippen LogP contribution in [0.25, 0.3) is 28.2 Å². The normalized spacial score (nSPS) is 11.2. The van der Waals surface area contributed by atoms with Crippen LogP contribution in [0.1, 0.15) is 11.5 Å². The number of halogens is 1. The van der Waals surface area contributed by atoms with Crippen molar-refractivity contribution in [3.63, 3.8) is 0 Å². The summed E-state index contributed by atoms with van der Waals surface area (Å²) in [6.07, 6.45) is 1.15. The van der Waals surface area contributed by atoms with Crippen molar-refractivity contribution < 1.29 is 13.5 Å². The van der Waals surface area contributed by atoms with Crippen LogP contribution in [0.3, 0.4) is 0 Å². The molecule has 2 aromatic heterocycles. The van der Waals surface area contributed by atoms with E-state index in [2.05, 4.69) is 20.5 Å². The predicted octanol–water partition coefficient (Wildman–Crippen LogP) is 4.40. The van der Waals surface area contributed by atoms with Gasteiger partial charge in [0, 0.05) is 12.0 Å². The van der Waals surface area contributed by atoms with E-state index in [1.54, 1.807) is 17.9 Å². The Labute approximate surface area is 177 Å². The van der Waals surface area contributed by atoms with E-state index in [4.69, 9.17) is 9.15 Å². The third-order valence-corrected chi connectivity index (χ3v) is 4.99. The van der Waals surface area contributed by atoms with Crippen molar-refractivity contribution in [1.29, 1.82) is 0 Å². The Morgan fingerprint density at radius 3 is 2.61 bits per heavy atom. The third kappa shape index (κ3) is 3.87. The van der Waals surface area contributed by atoms with E-state index < -0.39 is 0 Å². The van der Waals surface area contributed by atoms with Crippen molar-refractivity contribution in [2.24, 2.45) is 0 Å². The predicted molar refractivity (Wildman–Crippen MR) is 113 cm³/mol. The Kier molecular flexibility index (Phi) is 4.87. The number of hydrogen-bond donors (Lipinski definition) is 0. The first-order valence-corrected chi connectivity index (χ1v) is 9.77. The molecule has 0 amide bonds. The molecule has 7 nitrogen and oxygen atoms in total. The molecule has 0 saturated carbocycles. The second-order valence-electron chi connectivity index (χ2n) is 7.03. The number of hydrogen-bond acceptors (Lipinski definition) is 6. The Bertz CT molecular complexity index is 1340. The maximum absolute atomic E-state index is 13.3. The minimum absolute atomic E-state index is 0.251. The van der Waals surface area contributed by atoms with Gasteiger partial charge in [0.25, 0.3) is 0 Å². The molecular formula is C23H18FN5O2. The lowest BCUT2D eigenvalue weighted by atomic mass is 10.1. The van der Waals surface area contributed by atoms with Gasteiger partial charge < -0.3 is 9.15 Å². The summed E-state index contributed by atoms with van der Waals surface area (Å²) in [4.78, 5) is 0. The van der Waals surface area contributed by atoms with Crippen LogP contribution in [0, 0.1) is 5.82 Å². The van der Waals surface area contributed by atoms with E-state index in [0.29, 0.717) is 24.6 Å². The van der Waals surface area contributed by atoms with Crippen LogP contribution in [-0.2, 0) is 12.8 Å². The second-order valence-corrected chi connectivity index (χ2v) is 7.03. The summed E-state index contributed by atoms with van der Waals surface area (Å²) in [6, 6.07) is 19.7. The summed E-state index contributed by atoms with van der Waals surface area (Å²) in [6.45, 7) is 0. The Hall–Kier alpha value is -4.07. The molecule has 0 unspecified atom stereocenters. The maximum atomic E-state index is 13.3. The van der Waals surface area contributed by atoms with Gasteiger partial charge in [0.2, 0.25) is 11.8 Å². The molecule has 0 aliphatic heterocycles. The SMILES string of the molecule is COc1ccc(-n2nnc3ccc(-c4nnc(CCc5cccc(F)c5)o4)cc32)cc1. The molecule has 154 valence electrons. The number of methoxy groups -OCH3 is 1. The molecule has 0 bridgehead atoms. The van der Waals surface area contributed by atoms with Crippen LogP contribution >= 0.6 is 0 Å². The van der Waals surface area contributed by atoms with Crippen LogP contribution in [-0.4, -0.2) is 32.3 Å². The van der Waals surface area contributed by atoms with Gasteiger partial charge in [-0.25, -0.2) is 9.07 Å². The molecule has 0 aliphatic rings. The summed E-state index contributed by atoms with van der Waals surface area (Å²) in [5.41, 5.74) is 4.10. The van der Waals surface area contributed by atoms with E-state index in [1.807, 2.05) is 48.5 Å². The standard InChI is InChI=1S/C23H18FN5O2/c1-30-19-9-7-18(8-10-19)29-21-14-16(6-11-20(21)25-28-29)23-27-26-22(31-23)12-5-15-3-2-4-17(24)13-15/h2-4,6-11,13-14H,5,12H2,1H3. The van der Waals surface area contributed by atoms with E-state index in [1.165, 1.54) is 12.1 Å². The molecule has 2 heterocycles. The number of benzene rings is 3. The summed E-state index contributed by atoms with van der Waals surface area (Å²) in [7, 11) is 1.63. The number of ether oxygens (including phenoxy) is 1. The molecule has 0 atom stereocenters. The monoisotopic (exact) mass is 415 g/mol. The minimum atomic E-state index is -0.251. The molecule has 0 radical (unpaired) electrons. The summed E-state index contributed by atoms with van der Waals surface area (Å²) in [5.74, 6) is 1.43. The average molecular weight is 415 g/mol. The highest BCUT2D eigenvalue weighted by Crippen LogP contribution is 2.25. The largest absolute Gasteiger partial charge is 0.497 e. The van der Waals surface area contributed by atoms with Gasteiger partial charge in [-0.05, 0) is 66.6 Å². The zero-order valence-corrected chi connectivity index (χ0v) is 16.7. The summed E-state index contributed by atoms with van der Waals surface area (Å²) >= 11 is 0. The quantitative estimate of drug-likeness (QED) is 0.409. The molecule has 0 aliphatic carbocycles. The second kappa shape index (κ2) is 7.98. The molecular weight excluding hydrogens is 397 g/mol. The number of aromatic nitrogens is 5. The Balaban J connectivity index is 1.40. The molecule has 3 aromatic carbocycles. The number of aryl methyl sites for hydroxylation is 2. The highest BCUT2D eigenvalue weighted by atomic mass is 19.1. The zero-order valence-electron chi connectivity index (χ0n) is 16.7. The molecule has 5 aromatic rings. The zero-order chi connectivity index (χ0) is 21.2. The number of fused-ring (bicyclic) bond motifs is 1. The molecule has 0 spiro atoms. The summed E-state index contributed by atoms with van der Waals surface area (Å²) in [5, 5.41) is 16.8. The van der Waals surface area contributed by atoms with Crippen LogP contribution in [0.5, 0.6) is 5.75 Å². The smallest absolute Gasteiger partial charge is 0.247 e. The van der Waals surface area contributed by atoms with E-state index in [-0.39, 0.29) is 5.82 Å². The van der Waals surface area contributed by atoms with Crippen molar-refractivity contribution >= 4 is 11.0 Å². The van der Waals surface area contributed by atoms with Gasteiger partial charge in [0.15, 0.2) is 0 Å². The minimum Gasteiger partial charge on any atom is -0.497 e. The maximum Gasteiger partial charge on any atom is 0.247 e. The van der Waals surface area contributed by atoms with Crippen molar-refractivity contribution in [1.82, 2.24) is 25.2 Å². The van der Waals surface area contributed by atoms with Gasteiger partial charge in [-0.3, -0.25) is 0 Å². The molecule has 0 fully saturated rings. The first kappa shape index (κ1) is 18.9. The molecule has 8 heteroatoms.